The highest BCUT2D eigenvalue weighted by Crippen LogP contribution is 2.30. The maximum Gasteiger partial charge on any atom is 0.262 e. The molecule has 0 saturated carbocycles. The normalized spacial score (nSPS) is 11.0. The van der Waals surface area contributed by atoms with Crippen molar-refractivity contribution < 1.29 is 17.9 Å². The third kappa shape index (κ3) is 4.10. The van der Waals surface area contributed by atoms with Gasteiger partial charge in [0.15, 0.2) is 11.5 Å². The number of anilines is 1. The number of hydrogen-bond donors (Lipinski definition) is 1. The second kappa shape index (κ2) is 7.41. The average Bonchev–Trinajstić information content (AvgIpc) is 2.64. The van der Waals surface area contributed by atoms with Gasteiger partial charge < -0.3 is 4.74 Å². The van der Waals surface area contributed by atoms with E-state index in [1.165, 1.54) is 31.2 Å². The maximum atomic E-state index is 12.6. The van der Waals surface area contributed by atoms with Crippen molar-refractivity contribution in [2.75, 3.05) is 4.72 Å². The Morgan fingerprint density at radius 3 is 2.12 bits per heavy atom. The van der Waals surface area contributed by atoms with Crippen molar-refractivity contribution in [1.82, 2.24) is 0 Å². The van der Waals surface area contributed by atoms with E-state index in [2.05, 4.69) is 4.72 Å². The summed E-state index contributed by atoms with van der Waals surface area (Å²) in [6, 6.07) is 21.7. The summed E-state index contributed by atoms with van der Waals surface area (Å²) in [7, 11) is -3.81. The zero-order valence-electron chi connectivity index (χ0n) is 14.0. The molecule has 1 N–H and O–H groups in total. The van der Waals surface area contributed by atoms with Crippen molar-refractivity contribution in [2.45, 2.75) is 11.8 Å². The highest BCUT2D eigenvalue weighted by atomic mass is 32.2. The van der Waals surface area contributed by atoms with E-state index in [0.29, 0.717) is 22.7 Å². The van der Waals surface area contributed by atoms with Gasteiger partial charge in [0.1, 0.15) is 5.75 Å². The Hall–Kier alpha value is -3.12. The molecule has 26 heavy (non-hydrogen) atoms. The molecule has 0 heterocycles. The molecule has 0 bridgehead atoms. The number of para-hydroxylation sites is 3. The van der Waals surface area contributed by atoms with Crippen LogP contribution >= 0.6 is 0 Å². The molecule has 0 aliphatic heterocycles. The van der Waals surface area contributed by atoms with Crippen LogP contribution in [0.15, 0.2) is 83.8 Å². The summed E-state index contributed by atoms with van der Waals surface area (Å²) in [4.78, 5) is 11.4. The van der Waals surface area contributed by atoms with Gasteiger partial charge in [-0.1, -0.05) is 42.5 Å². The molecule has 0 atom stereocenters. The van der Waals surface area contributed by atoms with E-state index in [1.807, 2.05) is 18.2 Å². The molecule has 0 radical (unpaired) electrons. The lowest BCUT2D eigenvalue weighted by Crippen LogP contribution is -2.13. The molecule has 3 rings (SSSR count). The van der Waals surface area contributed by atoms with Crippen molar-refractivity contribution in [3.8, 4) is 11.5 Å². The van der Waals surface area contributed by atoms with Crippen LogP contribution in [0.3, 0.4) is 0 Å². The Morgan fingerprint density at radius 2 is 1.46 bits per heavy atom. The van der Waals surface area contributed by atoms with Crippen LogP contribution in [0, 0.1) is 0 Å². The molecule has 3 aromatic rings. The number of Topliss-reactive ketones (excluding diaryl/α,β-unsaturated/α-hetero) is 1. The molecular weight excluding hydrogens is 350 g/mol. The molecule has 132 valence electrons. The summed E-state index contributed by atoms with van der Waals surface area (Å²) in [5.41, 5.74) is 0.781. The fourth-order valence-corrected chi connectivity index (χ4v) is 3.40. The van der Waals surface area contributed by atoms with E-state index in [9.17, 15) is 13.2 Å². The minimum Gasteiger partial charge on any atom is -0.455 e. The van der Waals surface area contributed by atoms with Crippen LogP contribution in [0.25, 0.3) is 0 Å². The average molecular weight is 367 g/mol. The maximum absolute atomic E-state index is 12.6. The van der Waals surface area contributed by atoms with Gasteiger partial charge in [0, 0.05) is 5.56 Å². The van der Waals surface area contributed by atoms with Crippen molar-refractivity contribution >= 4 is 21.5 Å². The van der Waals surface area contributed by atoms with E-state index in [4.69, 9.17) is 4.74 Å². The second-order valence-electron chi connectivity index (χ2n) is 5.60. The van der Waals surface area contributed by atoms with Gasteiger partial charge in [-0.05, 0) is 43.3 Å². The Kier molecular flexibility index (Phi) is 5.04. The molecule has 0 unspecified atom stereocenters. The summed E-state index contributed by atoms with van der Waals surface area (Å²) in [5, 5.41) is 0. The van der Waals surface area contributed by atoms with Crippen LogP contribution in [0.5, 0.6) is 11.5 Å². The standard InChI is InChI=1S/C20H17NO4S/c1-15(22)16-11-13-18(14-12-16)26(23,24)21-19-9-5-6-10-20(19)25-17-7-3-2-4-8-17/h2-14,21H,1H3. The highest BCUT2D eigenvalue weighted by Gasteiger charge is 2.17. The number of carbonyl (C=O) groups is 1. The first-order valence-corrected chi connectivity index (χ1v) is 9.40. The quantitative estimate of drug-likeness (QED) is 0.652. The van der Waals surface area contributed by atoms with Gasteiger partial charge in [0.25, 0.3) is 10.0 Å². The van der Waals surface area contributed by atoms with Gasteiger partial charge in [0.2, 0.25) is 0 Å². The van der Waals surface area contributed by atoms with Gasteiger partial charge in [-0.2, -0.15) is 0 Å². The highest BCUT2D eigenvalue weighted by molar-refractivity contribution is 7.92. The molecule has 3 aromatic carbocycles. The van der Waals surface area contributed by atoms with Crippen LogP contribution in [-0.2, 0) is 10.0 Å². The van der Waals surface area contributed by atoms with E-state index >= 15 is 0 Å². The number of ether oxygens (including phenoxy) is 1. The lowest BCUT2D eigenvalue weighted by molar-refractivity contribution is 0.101. The number of ketones is 1. The van der Waals surface area contributed by atoms with E-state index in [1.54, 1.807) is 36.4 Å². The monoisotopic (exact) mass is 367 g/mol. The van der Waals surface area contributed by atoms with Crippen molar-refractivity contribution in [3.63, 3.8) is 0 Å². The summed E-state index contributed by atoms with van der Waals surface area (Å²) in [6.45, 7) is 1.43. The van der Waals surface area contributed by atoms with Crippen LogP contribution < -0.4 is 9.46 Å². The van der Waals surface area contributed by atoms with Crippen LogP contribution in [0.2, 0.25) is 0 Å². The molecule has 0 aliphatic rings. The minimum absolute atomic E-state index is 0.0667. The molecule has 0 spiro atoms. The molecule has 0 fully saturated rings. The van der Waals surface area contributed by atoms with Gasteiger partial charge in [0.05, 0.1) is 10.6 Å². The molecule has 0 amide bonds. The zero-order chi connectivity index (χ0) is 18.6. The molecular formula is C20H17NO4S. The zero-order valence-corrected chi connectivity index (χ0v) is 14.9. The van der Waals surface area contributed by atoms with Gasteiger partial charge in [-0.3, -0.25) is 9.52 Å². The lowest BCUT2D eigenvalue weighted by Gasteiger charge is -2.13. The first kappa shape index (κ1) is 17.7. The van der Waals surface area contributed by atoms with E-state index < -0.39 is 10.0 Å². The fraction of sp³-hybridized carbons (Fsp3) is 0.0500. The van der Waals surface area contributed by atoms with E-state index in [0.717, 1.165) is 0 Å². The Morgan fingerprint density at radius 1 is 0.846 bits per heavy atom. The topological polar surface area (TPSA) is 72.5 Å². The summed E-state index contributed by atoms with van der Waals surface area (Å²) >= 11 is 0. The molecule has 0 saturated heterocycles. The number of carbonyl (C=O) groups excluding carboxylic acids is 1. The van der Waals surface area contributed by atoms with Crippen LogP contribution in [0.1, 0.15) is 17.3 Å². The molecule has 0 aliphatic carbocycles. The predicted octanol–water partition coefficient (Wildman–Crippen LogP) is 4.48. The Labute approximate surface area is 152 Å². The van der Waals surface area contributed by atoms with E-state index in [-0.39, 0.29) is 10.7 Å². The summed E-state index contributed by atoms with van der Waals surface area (Å²) in [6.07, 6.45) is 0. The summed E-state index contributed by atoms with van der Waals surface area (Å²) < 4.78 is 33.6. The second-order valence-corrected chi connectivity index (χ2v) is 7.28. The third-order valence-electron chi connectivity index (χ3n) is 3.67. The lowest BCUT2D eigenvalue weighted by atomic mass is 10.2. The van der Waals surface area contributed by atoms with Gasteiger partial charge >= 0.3 is 0 Å². The molecule has 6 heteroatoms. The van der Waals surface area contributed by atoms with Crippen LogP contribution in [0.4, 0.5) is 5.69 Å². The number of benzene rings is 3. The molecule has 5 nitrogen and oxygen atoms in total. The first-order chi connectivity index (χ1) is 12.5. The number of hydrogen-bond acceptors (Lipinski definition) is 4. The number of rotatable bonds is 6. The van der Waals surface area contributed by atoms with Crippen molar-refractivity contribution in [3.05, 3.63) is 84.4 Å². The smallest absolute Gasteiger partial charge is 0.262 e. The predicted molar refractivity (Wildman–Crippen MR) is 100 cm³/mol. The Bertz CT molecular complexity index is 1010. The molecule has 0 aromatic heterocycles. The third-order valence-corrected chi connectivity index (χ3v) is 5.05. The first-order valence-electron chi connectivity index (χ1n) is 7.91. The van der Waals surface area contributed by atoms with Crippen molar-refractivity contribution in [1.29, 1.82) is 0 Å². The van der Waals surface area contributed by atoms with Crippen molar-refractivity contribution in [2.24, 2.45) is 0 Å². The SMILES string of the molecule is CC(=O)c1ccc(S(=O)(=O)Nc2ccccc2Oc2ccccc2)cc1. The Balaban J connectivity index is 1.87. The number of nitrogens with one attached hydrogen (secondary N) is 1. The van der Waals surface area contributed by atoms with Crippen LogP contribution in [-0.4, -0.2) is 14.2 Å². The summed E-state index contributed by atoms with van der Waals surface area (Å²) in [5.74, 6) is 0.871. The fourth-order valence-electron chi connectivity index (χ4n) is 2.33. The van der Waals surface area contributed by atoms with Gasteiger partial charge in [-0.25, -0.2) is 8.42 Å². The largest absolute Gasteiger partial charge is 0.455 e. The minimum atomic E-state index is -3.81. The van der Waals surface area contributed by atoms with Gasteiger partial charge in [-0.15, -0.1) is 0 Å². The number of sulfonamides is 1.